The Morgan fingerprint density at radius 3 is 3.05 bits per heavy atom. The molecular weight excluding hydrogens is 324 g/mol. The second kappa shape index (κ2) is 8.17. The number of hydrogen-bond acceptors (Lipinski definition) is 5. The zero-order valence-corrected chi connectivity index (χ0v) is 13.9. The monoisotopic (exact) mass is 340 g/mol. The van der Waals surface area contributed by atoms with Gasteiger partial charge in [-0.3, -0.25) is 9.36 Å². The molecule has 0 fully saturated rings. The van der Waals surface area contributed by atoms with Gasteiger partial charge in [-0.2, -0.15) is 0 Å². The molecule has 0 bridgehead atoms. The first-order chi connectivity index (χ1) is 10.6. The molecule has 0 unspecified atom stereocenters. The number of amides is 1. The van der Waals surface area contributed by atoms with E-state index >= 15 is 0 Å². The molecule has 0 aliphatic carbocycles. The lowest BCUT2D eigenvalue weighted by Gasteiger charge is -2.08. The van der Waals surface area contributed by atoms with E-state index in [1.807, 2.05) is 25.1 Å². The van der Waals surface area contributed by atoms with Crippen LogP contribution in [0.5, 0.6) is 0 Å². The van der Waals surface area contributed by atoms with Crippen molar-refractivity contribution in [1.29, 1.82) is 0 Å². The van der Waals surface area contributed by atoms with Gasteiger partial charge >= 0.3 is 0 Å². The van der Waals surface area contributed by atoms with Crippen LogP contribution in [-0.4, -0.2) is 46.7 Å². The van der Waals surface area contributed by atoms with Crippen molar-refractivity contribution in [2.45, 2.75) is 12.1 Å². The highest BCUT2D eigenvalue weighted by Crippen LogP contribution is 2.23. The fraction of sp³-hybridized carbons (Fsp3) is 0.357. The Morgan fingerprint density at radius 1 is 1.50 bits per heavy atom. The van der Waals surface area contributed by atoms with E-state index in [4.69, 9.17) is 16.3 Å². The molecule has 0 aliphatic rings. The van der Waals surface area contributed by atoms with E-state index in [0.717, 1.165) is 11.3 Å². The number of methoxy groups -OCH3 is 1. The van der Waals surface area contributed by atoms with E-state index in [9.17, 15) is 4.79 Å². The molecule has 2 rings (SSSR count). The molecule has 8 heteroatoms. The molecule has 0 radical (unpaired) electrons. The molecule has 0 spiro atoms. The summed E-state index contributed by atoms with van der Waals surface area (Å²) in [6.45, 7) is 2.93. The standard InChI is InChI=1S/C14H17ClN4O2S/c1-10-3-4-11(7-12(10)15)19-9-17-18-14(19)22-8-13(20)16-5-6-21-2/h3-4,7,9H,5-6,8H2,1-2H3,(H,16,20). The summed E-state index contributed by atoms with van der Waals surface area (Å²) in [6.07, 6.45) is 1.60. The number of rotatable bonds is 7. The Balaban J connectivity index is 2.00. The van der Waals surface area contributed by atoms with E-state index in [1.54, 1.807) is 18.0 Å². The average molecular weight is 341 g/mol. The molecule has 1 aromatic heterocycles. The number of hydrogen-bond donors (Lipinski definition) is 1. The van der Waals surface area contributed by atoms with Gasteiger partial charge in [0, 0.05) is 18.7 Å². The highest BCUT2D eigenvalue weighted by Gasteiger charge is 2.10. The van der Waals surface area contributed by atoms with Crippen LogP contribution < -0.4 is 5.32 Å². The minimum Gasteiger partial charge on any atom is -0.383 e. The van der Waals surface area contributed by atoms with Crippen molar-refractivity contribution in [1.82, 2.24) is 20.1 Å². The summed E-state index contributed by atoms with van der Waals surface area (Å²) >= 11 is 7.46. The highest BCUT2D eigenvalue weighted by molar-refractivity contribution is 7.99. The predicted molar refractivity (Wildman–Crippen MR) is 86.7 cm³/mol. The molecule has 0 saturated heterocycles. The number of benzene rings is 1. The minimum atomic E-state index is -0.0708. The molecule has 1 amide bonds. The van der Waals surface area contributed by atoms with Crippen molar-refractivity contribution < 1.29 is 9.53 Å². The van der Waals surface area contributed by atoms with Crippen LogP contribution in [0.1, 0.15) is 5.56 Å². The molecule has 22 heavy (non-hydrogen) atoms. The van der Waals surface area contributed by atoms with Crippen LogP contribution in [-0.2, 0) is 9.53 Å². The zero-order chi connectivity index (χ0) is 15.9. The Kier molecular flexibility index (Phi) is 6.23. The lowest BCUT2D eigenvalue weighted by atomic mass is 10.2. The number of carbonyl (C=O) groups is 1. The van der Waals surface area contributed by atoms with Crippen LogP contribution in [0.25, 0.3) is 5.69 Å². The SMILES string of the molecule is COCCNC(=O)CSc1nncn1-c1ccc(C)c(Cl)c1. The third-order valence-electron chi connectivity index (χ3n) is 2.91. The van der Waals surface area contributed by atoms with Gasteiger partial charge in [-0.05, 0) is 24.6 Å². The molecule has 1 N–H and O–H groups in total. The third-order valence-corrected chi connectivity index (χ3v) is 4.26. The van der Waals surface area contributed by atoms with Crippen molar-refractivity contribution in [3.05, 3.63) is 35.1 Å². The van der Waals surface area contributed by atoms with Gasteiger partial charge in [0.2, 0.25) is 5.91 Å². The van der Waals surface area contributed by atoms with Crippen LogP contribution in [0, 0.1) is 6.92 Å². The lowest BCUT2D eigenvalue weighted by molar-refractivity contribution is -0.118. The number of aryl methyl sites for hydroxylation is 1. The zero-order valence-electron chi connectivity index (χ0n) is 12.4. The van der Waals surface area contributed by atoms with E-state index in [-0.39, 0.29) is 11.7 Å². The average Bonchev–Trinajstić information content (AvgIpc) is 2.97. The van der Waals surface area contributed by atoms with Gasteiger partial charge in [-0.25, -0.2) is 0 Å². The van der Waals surface area contributed by atoms with Crippen LogP contribution in [0.4, 0.5) is 0 Å². The molecule has 0 saturated carbocycles. The lowest BCUT2D eigenvalue weighted by Crippen LogP contribution is -2.28. The van der Waals surface area contributed by atoms with E-state index < -0.39 is 0 Å². The molecule has 1 aromatic carbocycles. The molecule has 0 atom stereocenters. The van der Waals surface area contributed by atoms with Gasteiger partial charge < -0.3 is 10.1 Å². The summed E-state index contributed by atoms with van der Waals surface area (Å²) in [4.78, 5) is 11.7. The highest BCUT2D eigenvalue weighted by atomic mass is 35.5. The van der Waals surface area contributed by atoms with Gasteiger partial charge in [-0.1, -0.05) is 29.4 Å². The Bertz CT molecular complexity index is 648. The van der Waals surface area contributed by atoms with Gasteiger partial charge in [0.15, 0.2) is 5.16 Å². The number of ether oxygens (including phenoxy) is 1. The van der Waals surface area contributed by atoms with Crippen LogP contribution in [0.3, 0.4) is 0 Å². The van der Waals surface area contributed by atoms with Crippen LogP contribution in [0.2, 0.25) is 5.02 Å². The normalized spacial score (nSPS) is 10.7. The Morgan fingerprint density at radius 2 is 2.32 bits per heavy atom. The minimum absolute atomic E-state index is 0.0708. The molecule has 1 heterocycles. The quantitative estimate of drug-likeness (QED) is 0.617. The predicted octanol–water partition coefficient (Wildman–Crippen LogP) is 2.08. The van der Waals surface area contributed by atoms with Crippen molar-refractivity contribution >= 4 is 29.3 Å². The summed E-state index contributed by atoms with van der Waals surface area (Å²) in [5, 5.41) is 12.0. The van der Waals surface area contributed by atoms with Crippen molar-refractivity contribution in [2.24, 2.45) is 0 Å². The Hall–Kier alpha value is -1.57. The number of nitrogens with zero attached hydrogens (tertiary/aromatic N) is 3. The van der Waals surface area contributed by atoms with E-state index in [1.165, 1.54) is 11.8 Å². The molecule has 2 aromatic rings. The third kappa shape index (κ3) is 4.46. The summed E-state index contributed by atoms with van der Waals surface area (Å²) in [5.74, 6) is 0.195. The molecule has 118 valence electrons. The van der Waals surface area contributed by atoms with Gasteiger partial charge in [0.05, 0.1) is 18.0 Å². The van der Waals surface area contributed by atoms with Crippen molar-refractivity contribution in [3.8, 4) is 5.69 Å². The second-order valence-electron chi connectivity index (χ2n) is 4.55. The summed E-state index contributed by atoms with van der Waals surface area (Å²) < 4.78 is 6.68. The fourth-order valence-corrected chi connectivity index (χ4v) is 2.64. The first-order valence-corrected chi connectivity index (χ1v) is 8.03. The largest absolute Gasteiger partial charge is 0.383 e. The number of aromatic nitrogens is 3. The maximum atomic E-state index is 11.7. The van der Waals surface area contributed by atoms with Gasteiger partial charge in [0.25, 0.3) is 0 Å². The fourth-order valence-electron chi connectivity index (χ4n) is 1.71. The van der Waals surface area contributed by atoms with E-state index in [0.29, 0.717) is 23.3 Å². The maximum absolute atomic E-state index is 11.7. The second-order valence-corrected chi connectivity index (χ2v) is 5.90. The van der Waals surface area contributed by atoms with E-state index in [2.05, 4.69) is 15.5 Å². The number of carbonyl (C=O) groups excluding carboxylic acids is 1. The van der Waals surface area contributed by atoms with Crippen LogP contribution >= 0.6 is 23.4 Å². The summed E-state index contributed by atoms with van der Waals surface area (Å²) in [5.41, 5.74) is 1.87. The first-order valence-electron chi connectivity index (χ1n) is 6.67. The summed E-state index contributed by atoms with van der Waals surface area (Å²) in [6, 6.07) is 5.72. The topological polar surface area (TPSA) is 69.0 Å². The molecular formula is C14H17ClN4O2S. The Labute approximate surface area is 138 Å². The number of nitrogens with one attached hydrogen (secondary N) is 1. The first kappa shape index (κ1) is 16.8. The maximum Gasteiger partial charge on any atom is 0.230 e. The smallest absolute Gasteiger partial charge is 0.230 e. The summed E-state index contributed by atoms with van der Waals surface area (Å²) in [7, 11) is 1.59. The molecule has 0 aliphatic heterocycles. The van der Waals surface area contributed by atoms with Crippen molar-refractivity contribution in [2.75, 3.05) is 26.0 Å². The molecule has 6 nitrogen and oxygen atoms in total. The van der Waals surface area contributed by atoms with Gasteiger partial charge in [0.1, 0.15) is 6.33 Å². The van der Waals surface area contributed by atoms with Crippen molar-refractivity contribution in [3.63, 3.8) is 0 Å². The van der Waals surface area contributed by atoms with Crippen LogP contribution in [0.15, 0.2) is 29.7 Å². The van der Waals surface area contributed by atoms with Gasteiger partial charge in [-0.15, -0.1) is 10.2 Å². The number of halogens is 1. The number of thioether (sulfide) groups is 1.